The van der Waals surface area contributed by atoms with Gasteiger partial charge < -0.3 is 14.6 Å². The highest BCUT2D eigenvalue weighted by atomic mass is 17.1. The van der Waals surface area contributed by atoms with Crippen LogP contribution in [0.1, 0.15) is 168 Å². The number of rotatable bonds is 11. The summed E-state index contributed by atoms with van der Waals surface area (Å²) in [5.41, 5.74) is 0.233. The molecule has 280 valence electrons. The molecule has 0 heterocycles. The second kappa shape index (κ2) is 17.6. The number of hydrogen-bond donors (Lipinski definition) is 2. The van der Waals surface area contributed by atoms with Gasteiger partial charge in [0.05, 0.1) is 30.7 Å². The van der Waals surface area contributed by atoms with Crippen LogP contribution in [0, 0.1) is 58.7 Å². The fourth-order valence-corrected chi connectivity index (χ4v) is 12.2. The third kappa shape index (κ3) is 9.44. The first-order valence-electron chi connectivity index (χ1n) is 21.1. The molecule has 7 heteroatoms. The largest absolute Gasteiger partial charge is 0.481 e. The lowest BCUT2D eigenvalue weighted by Gasteiger charge is -2.47. The van der Waals surface area contributed by atoms with E-state index >= 15 is 0 Å². The molecular formula is C42H70O7. The molecule has 0 aromatic heterocycles. The molecular weight excluding hydrogens is 616 g/mol. The molecule has 0 radical (unpaired) electrons. The van der Waals surface area contributed by atoms with Crippen LogP contribution >= 0.6 is 0 Å². The number of hydrogen-bond acceptors (Lipinski definition) is 6. The van der Waals surface area contributed by atoms with E-state index in [4.69, 9.17) is 14.4 Å². The van der Waals surface area contributed by atoms with Crippen LogP contribution in [0.15, 0.2) is 0 Å². The average Bonchev–Trinajstić information content (AvgIpc) is 3.13. The molecule has 6 fully saturated rings. The highest BCUT2D eigenvalue weighted by molar-refractivity contribution is 5.81. The third-order valence-corrected chi connectivity index (χ3v) is 15.5. The maximum absolute atomic E-state index is 13.4. The number of carboxylic acids is 1. The highest BCUT2D eigenvalue weighted by Gasteiger charge is 2.45. The van der Waals surface area contributed by atoms with Gasteiger partial charge in [0.2, 0.25) is 0 Å². The zero-order chi connectivity index (χ0) is 34.4. The Morgan fingerprint density at radius 3 is 1.67 bits per heavy atom. The molecule has 6 aliphatic rings. The van der Waals surface area contributed by atoms with Crippen LogP contribution in [0.5, 0.6) is 0 Å². The summed E-state index contributed by atoms with van der Waals surface area (Å²) in [6.45, 7) is 5.34. The van der Waals surface area contributed by atoms with E-state index in [9.17, 15) is 20.0 Å². The summed E-state index contributed by atoms with van der Waals surface area (Å²) < 4.78 is 12.9. The van der Waals surface area contributed by atoms with Gasteiger partial charge in [0.1, 0.15) is 6.10 Å². The SMILES string of the molecule is CC(C)(C1CCC(OC(=O)C2CCC(C3CCCCC3)CC2C(=O)O)CC1)C1CCC(OC2CCC(C3CCCCC3)CC2COO)CC1. The Kier molecular flexibility index (Phi) is 13.5. The minimum absolute atomic E-state index is 0.0711. The van der Waals surface area contributed by atoms with Gasteiger partial charge >= 0.3 is 11.9 Å². The number of carbonyl (C=O) groups excluding carboxylic acids is 1. The van der Waals surface area contributed by atoms with E-state index in [1.165, 1.54) is 83.5 Å². The molecule has 6 saturated carbocycles. The standard InChI is InChI=1S/C42H70O7/c1-42(2,33-15-19-35(20-16-33)48-39-24-14-30(25-32(39)27-47-46)28-9-5-3-6-10-28)34-17-21-36(22-18-34)49-41(45)37-23-13-31(26-38(37)40(43)44)29-11-7-4-8-12-29/h28-39,46H,3-27H2,1-2H3,(H,43,44). The predicted octanol–water partition coefficient (Wildman–Crippen LogP) is 10.2. The van der Waals surface area contributed by atoms with Crippen molar-refractivity contribution in [2.45, 2.75) is 186 Å². The Bertz CT molecular complexity index is 1030. The van der Waals surface area contributed by atoms with Crippen molar-refractivity contribution < 1.29 is 34.3 Å². The van der Waals surface area contributed by atoms with Crippen molar-refractivity contribution in [2.75, 3.05) is 6.61 Å². The molecule has 0 amide bonds. The molecule has 0 aliphatic heterocycles. The van der Waals surface area contributed by atoms with E-state index < -0.39 is 17.8 Å². The Balaban J connectivity index is 0.928. The molecule has 6 rings (SSSR count). The number of aliphatic carboxylic acids is 1. The lowest BCUT2D eigenvalue weighted by Crippen LogP contribution is -2.42. The van der Waals surface area contributed by atoms with Crippen LogP contribution in [0.3, 0.4) is 0 Å². The van der Waals surface area contributed by atoms with Crippen LogP contribution in [0.25, 0.3) is 0 Å². The van der Waals surface area contributed by atoms with Gasteiger partial charge in [0.25, 0.3) is 0 Å². The Hall–Kier alpha value is -1.18. The summed E-state index contributed by atoms with van der Waals surface area (Å²) >= 11 is 0. The number of carbonyl (C=O) groups is 2. The lowest BCUT2D eigenvalue weighted by molar-refractivity contribution is -0.263. The quantitative estimate of drug-likeness (QED) is 0.127. The average molecular weight is 687 g/mol. The second-order valence-corrected chi connectivity index (χ2v) is 18.4. The van der Waals surface area contributed by atoms with E-state index in [2.05, 4.69) is 13.8 Å². The summed E-state index contributed by atoms with van der Waals surface area (Å²) in [7, 11) is 0. The molecule has 0 aromatic rings. The smallest absolute Gasteiger partial charge is 0.310 e. The number of esters is 1. The highest BCUT2D eigenvalue weighted by Crippen LogP contribution is 2.50. The van der Waals surface area contributed by atoms with Crippen LogP contribution in [-0.4, -0.2) is 47.2 Å². The molecule has 6 atom stereocenters. The van der Waals surface area contributed by atoms with Crippen molar-refractivity contribution in [1.29, 1.82) is 0 Å². The van der Waals surface area contributed by atoms with E-state index in [1.54, 1.807) is 0 Å². The molecule has 0 aromatic carbocycles. The van der Waals surface area contributed by atoms with Gasteiger partial charge in [-0.05, 0) is 131 Å². The fraction of sp³-hybridized carbons (Fsp3) is 0.952. The van der Waals surface area contributed by atoms with E-state index in [0.29, 0.717) is 55.1 Å². The van der Waals surface area contributed by atoms with Crippen LogP contribution in [0.2, 0.25) is 0 Å². The zero-order valence-corrected chi connectivity index (χ0v) is 31.0. The van der Waals surface area contributed by atoms with Crippen LogP contribution in [0.4, 0.5) is 0 Å². The first-order chi connectivity index (χ1) is 23.7. The Labute approximate surface area is 297 Å². The molecule has 6 aliphatic carbocycles. The molecule has 7 nitrogen and oxygen atoms in total. The van der Waals surface area contributed by atoms with E-state index in [-0.39, 0.29) is 23.6 Å². The van der Waals surface area contributed by atoms with Crippen LogP contribution in [-0.2, 0) is 24.0 Å². The van der Waals surface area contributed by atoms with Gasteiger partial charge in [-0.15, -0.1) is 0 Å². The van der Waals surface area contributed by atoms with Crippen molar-refractivity contribution in [3.8, 4) is 0 Å². The first-order valence-corrected chi connectivity index (χ1v) is 21.1. The Morgan fingerprint density at radius 1 is 0.592 bits per heavy atom. The molecule has 49 heavy (non-hydrogen) atoms. The van der Waals surface area contributed by atoms with Crippen molar-refractivity contribution >= 4 is 11.9 Å². The molecule has 2 N–H and O–H groups in total. The predicted molar refractivity (Wildman–Crippen MR) is 191 cm³/mol. The van der Waals surface area contributed by atoms with Gasteiger partial charge in [0, 0.05) is 5.92 Å². The van der Waals surface area contributed by atoms with Gasteiger partial charge in [-0.2, -0.15) is 0 Å². The number of ether oxygens (including phenoxy) is 2. The molecule has 0 bridgehead atoms. The maximum Gasteiger partial charge on any atom is 0.310 e. The van der Waals surface area contributed by atoms with Crippen molar-refractivity contribution in [3.05, 3.63) is 0 Å². The minimum atomic E-state index is -0.811. The topological polar surface area (TPSA) is 102 Å². The van der Waals surface area contributed by atoms with Gasteiger partial charge in [-0.3, -0.25) is 14.8 Å². The first kappa shape index (κ1) is 37.6. The zero-order valence-electron chi connectivity index (χ0n) is 31.0. The summed E-state index contributed by atoms with van der Waals surface area (Å²) in [6.07, 6.45) is 28.0. The summed E-state index contributed by atoms with van der Waals surface area (Å²) in [6, 6.07) is 0. The molecule has 0 spiro atoms. The van der Waals surface area contributed by atoms with Gasteiger partial charge in [-0.1, -0.05) is 78.1 Å². The van der Waals surface area contributed by atoms with E-state index in [0.717, 1.165) is 69.6 Å². The summed E-state index contributed by atoms with van der Waals surface area (Å²) in [5, 5.41) is 19.5. The summed E-state index contributed by atoms with van der Waals surface area (Å²) in [4.78, 5) is 30.4. The number of carboxylic acid groups (broad SMARTS) is 1. The molecule has 0 saturated heterocycles. The van der Waals surface area contributed by atoms with Crippen molar-refractivity contribution in [3.63, 3.8) is 0 Å². The summed E-state index contributed by atoms with van der Waals surface area (Å²) in [5.74, 6) is 2.18. The maximum atomic E-state index is 13.4. The van der Waals surface area contributed by atoms with Gasteiger partial charge in [-0.25, -0.2) is 4.89 Å². The van der Waals surface area contributed by atoms with Crippen LogP contribution < -0.4 is 0 Å². The van der Waals surface area contributed by atoms with Crippen molar-refractivity contribution in [2.24, 2.45) is 58.7 Å². The normalized spacial score (nSPS) is 38.9. The fourth-order valence-electron chi connectivity index (χ4n) is 12.2. The Morgan fingerprint density at radius 2 is 1.12 bits per heavy atom. The monoisotopic (exact) mass is 687 g/mol. The van der Waals surface area contributed by atoms with E-state index in [1.807, 2.05) is 0 Å². The van der Waals surface area contributed by atoms with Crippen molar-refractivity contribution in [1.82, 2.24) is 0 Å². The minimum Gasteiger partial charge on any atom is -0.481 e. The molecule has 6 unspecified atom stereocenters. The second-order valence-electron chi connectivity index (χ2n) is 18.4. The lowest BCUT2D eigenvalue weighted by atomic mass is 9.60. The third-order valence-electron chi connectivity index (χ3n) is 15.5. The van der Waals surface area contributed by atoms with Gasteiger partial charge in [0.15, 0.2) is 0 Å².